The van der Waals surface area contributed by atoms with Gasteiger partial charge in [-0.2, -0.15) is 4.98 Å². The summed E-state index contributed by atoms with van der Waals surface area (Å²) < 4.78 is 13.6. The number of carboxylic acid groups (broad SMARTS) is 1. The van der Waals surface area contributed by atoms with Gasteiger partial charge in [-0.1, -0.05) is 20.8 Å². The number of rotatable bonds is 5. The molecular formula is C23H30N6O4. The maximum absolute atomic E-state index is 11.8. The van der Waals surface area contributed by atoms with Crippen LogP contribution in [0.1, 0.15) is 39.7 Å². The van der Waals surface area contributed by atoms with Gasteiger partial charge in [-0.25, -0.2) is 19.7 Å². The Balaban J connectivity index is 1.76. The third kappa shape index (κ3) is 4.05. The molecule has 1 saturated heterocycles. The van der Waals surface area contributed by atoms with Crippen molar-refractivity contribution in [3.63, 3.8) is 0 Å². The number of hydrogen-bond donors (Lipinski definition) is 1. The molecule has 10 nitrogen and oxygen atoms in total. The number of nitrogens with zero attached hydrogens (tertiary/aromatic N) is 6. The zero-order valence-corrected chi connectivity index (χ0v) is 19.9. The van der Waals surface area contributed by atoms with Crippen LogP contribution in [-0.4, -0.2) is 66.4 Å². The number of pyridine rings is 1. The fourth-order valence-electron chi connectivity index (χ4n) is 4.69. The predicted octanol–water partition coefficient (Wildman–Crippen LogP) is 3.77. The van der Waals surface area contributed by atoms with Crippen LogP contribution in [0.4, 0.5) is 4.79 Å². The maximum Gasteiger partial charge on any atom is 0.407 e. The van der Waals surface area contributed by atoms with Gasteiger partial charge in [0, 0.05) is 36.8 Å². The number of hydrogen-bond acceptors (Lipinski definition) is 7. The van der Waals surface area contributed by atoms with Gasteiger partial charge in [0.2, 0.25) is 11.8 Å². The summed E-state index contributed by atoms with van der Waals surface area (Å²) in [7, 11) is 1.59. The number of carbonyl (C=O) groups is 1. The predicted molar refractivity (Wildman–Crippen MR) is 123 cm³/mol. The lowest BCUT2D eigenvalue weighted by Crippen LogP contribution is -2.48. The number of likely N-dealkylation sites (tertiary alicyclic amines) is 1. The molecule has 1 amide bonds. The van der Waals surface area contributed by atoms with Gasteiger partial charge in [-0.15, -0.1) is 0 Å². The Bertz CT molecular complexity index is 1190. The monoisotopic (exact) mass is 454 g/mol. The number of aryl methyl sites for hydroxylation is 2. The van der Waals surface area contributed by atoms with E-state index in [-0.39, 0.29) is 17.6 Å². The topological polar surface area (TPSA) is 115 Å². The molecule has 2 atom stereocenters. The highest BCUT2D eigenvalue weighted by atomic mass is 16.5. The number of amides is 1. The average molecular weight is 455 g/mol. The first kappa shape index (κ1) is 22.8. The number of aromatic nitrogens is 5. The first-order valence-electron chi connectivity index (χ1n) is 11.0. The van der Waals surface area contributed by atoms with Crippen molar-refractivity contribution >= 4 is 17.3 Å². The summed E-state index contributed by atoms with van der Waals surface area (Å²) in [5.41, 5.74) is 2.64. The molecule has 0 spiro atoms. The van der Waals surface area contributed by atoms with Gasteiger partial charge in [0.05, 0.1) is 13.2 Å². The summed E-state index contributed by atoms with van der Waals surface area (Å²) in [5, 5.41) is 9.67. The molecule has 3 aromatic rings. The normalized spacial score (nSPS) is 18.7. The Morgan fingerprint density at radius 2 is 2.00 bits per heavy atom. The van der Waals surface area contributed by atoms with E-state index in [2.05, 4.69) is 15.0 Å². The molecule has 0 bridgehead atoms. The quantitative estimate of drug-likeness (QED) is 0.619. The van der Waals surface area contributed by atoms with Gasteiger partial charge in [-0.05, 0) is 25.3 Å². The summed E-state index contributed by atoms with van der Waals surface area (Å²) in [6.07, 6.45) is 2.50. The van der Waals surface area contributed by atoms with Crippen LogP contribution in [0.15, 0.2) is 18.6 Å². The zero-order chi connectivity index (χ0) is 23.9. The van der Waals surface area contributed by atoms with Gasteiger partial charge in [-0.3, -0.25) is 0 Å². The van der Waals surface area contributed by atoms with E-state index in [1.807, 2.05) is 45.3 Å². The Labute approximate surface area is 192 Å². The van der Waals surface area contributed by atoms with Crippen LogP contribution in [0.5, 0.6) is 11.8 Å². The standard InChI is InChI=1S/C23H30N6O4/c1-7-28-18(14-10-13(2)20(32-6)24-11-14)27-16-19(28)25-12-26-21(16)33-15-8-9-29(22(30)31)17(15)23(3,4)5/h10-12,15,17H,7-9H2,1-6H3,(H,30,31). The van der Waals surface area contributed by atoms with Crippen molar-refractivity contribution in [2.24, 2.45) is 5.41 Å². The van der Waals surface area contributed by atoms with Crippen LogP contribution in [0.25, 0.3) is 22.6 Å². The van der Waals surface area contributed by atoms with Gasteiger partial charge < -0.3 is 24.0 Å². The molecule has 0 saturated carbocycles. The first-order valence-corrected chi connectivity index (χ1v) is 11.0. The van der Waals surface area contributed by atoms with Crippen molar-refractivity contribution in [2.75, 3.05) is 13.7 Å². The molecule has 3 aromatic heterocycles. The fourth-order valence-corrected chi connectivity index (χ4v) is 4.69. The van der Waals surface area contributed by atoms with Crippen molar-refractivity contribution < 1.29 is 19.4 Å². The van der Waals surface area contributed by atoms with E-state index in [0.717, 1.165) is 11.1 Å². The van der Waals surface area contributed by atoms with Gasteiger partial charge >= 0.3 is 6.09 Å². The molecule has 4 heterocycles. The zero-order valence-electron chi connectivity index (χ0n) is 19.9. The van der Waals surface area contributed by atoms with Gasteiger partial charge in [0.15, 0.2) is 11.2 Å². The van der Waals surface area contributed by atoms with E-state index < -0.39 is 6.09 Å². The lowest BCUT2D eigenvalue weighted by Gasteiger charge is -2.36. The van der Waals surface area contributed by atoms with E-state index >= 15 is 0 Å². The van der Waals surface area contributed by atoms with Crippen molar-refractivity contribution in [2.45, 2.75) is 59.7 Å². The van der Waals surface area contributed by atoms with E-state index in [0.29, 0.717) is 48.3 Å². The summed E-state index contributed by atoms with van der Waals surface area (Å²) >= 11 is 0. The third-order valence-electron chi connectivity index (χ3n) is 6.03. The Kier molecular flexibility index (Phi) is 5.85. The lowest BCUT2D eigenvalue weighted by atomic mass is 9.84. The largest absolute Gasteiger partial charge is 0.481 e. The second kappa shape index (κ2) is 8.49. The lowest BCUT2D eigenvalue weighted by molar-refractivity contribution is 0.0558. The summed E-state index contributed by atoms with van der Waals surface area (Å²) in [6.45, 7) is 11.1. The van der Waals surface area contributed by atoms with Crippen LogP contribution >= 0.6 is 0 Å². The molecule has 0 aromatic carbocycles. The van der Waals surface area contributed by atoms with E-state index in [1.165, 1.54) is 11.2 Å². The van der Waals surface area contributed by atoms with Crippen LogP contribution in [0.3, 0.4) is 0 Å². The van der Waals surface area contributed by atoms with Crippen molar-refractivity contribution in [3.8, 4) is 23.1 Å². The number of fused-ring (bicyclic) bond motifs is 1. The van der Waals surface area contributed by atoms with Crippen molar-refractivity contribution in [1.82, 2.24) is 29.4 Å². The van der Waals surface area contributed by atoms with E-state index in [9.17, 15) is 9.90 Å². The average Bonchev–Trinajstić information content (AvgIpc) is 3.35. The van der Waals surface area contributed by atoms with Crippen LogP contribution in [0.2, 0.25) is 0 Å². The molecule has 1 aliphatic rings. The molecule has 1 fully saturated rings. The SMILES string of the molecule is CCn1c(-c2cnc(OC)c(C)c2)nc2c(OC3CCN(C(=O)O)C3C(C)(C)C)ncnc21. The number of ether oxygens (including phenoxy) is 2. The molecule has 33 heavy (non-hydrogen) atoms. The highest BCUT2D eigenvalue weighted by Gasteiger charge is 2.45. The van der Waals surface area contributed by atoms with Crippen molar-refractivity contribution in [1.29, 1.82) is 0 Å². The highest BCUT2D eigenvalue weighted by molar-refractivity contribution is 5.81. The van der Waals surface area contributed by atoms with Crippen molar-refractivity contribution in [3.05, 3.63) is 24.2 Å². The molecular weight excluding hydrogens is 424 g/mol. The summed E-state index contributed by atoms with van der Waals surface area (Å²) in [5.74, 6) is 1.64. The smallest absolute Gasteiger partial charge is 0.407 e. The molecule has 1 aliphatic heterocycles. The van der Waals surface area contributed by atoms with Crippen LogP contribution < -0.4 is 9.47 Å². The Morgan fingerprint density at radius 1 is 1.24 bits per heavy atom. The minimum Gasteiger partial charge on any atom is -0.481 e. The third-order valence-corrected chi connectivity index (χ3v) is 6.03. The van der Waals surface area contributed by atoms with E-state index in [1.54, 1.807) is 13.3 Å². The second-order valence-electron chi connectivity index (χ2n) is 9.31. The Hall–Kier alpha value is -3.43. The molecule has 4 rings (SSSR count). The summed E-state index contributed by atoms with van der Waals surface area (Å²) in [4.78, 5) is 31.3. The van der Waals surface area contributed by atoms with Gasteiger partial charge in [0.1, 0.15) is 18.3 Å². The number of methoxy groups -OCH3 is 1. The second-order valence-corrected chi connectivity index (χ2v) is 9.31. The van der Waals surface area contributed by atoms with Crippen LogP contribution in [-0.2, 0) is 6.54 Å². The Morgan fingerprint density at radius 3 is 2.61 bits per heavy atom. The minimum atomic E-state index is -0.936. The molecule has 176 valence electrons. The molecule has 1 N–H and O–H groups in total. The van der Waals surface area contributed by atoms with E-state index in [4.69, 9.17) is 14.5 Å². The molecule has 10 heteroatoms. The highest BCUT2D eigenvalue weighted by Crippen LogP contribution is 2.37. The molecule has 2 unspecified atom stereocenters. The maximum atomic E-state index is 11.8. The first-order chi connectivity index (χ1) is 15.7. The van der Waals surface area contributed by atoms with Gasteiger partial charge in [0.25, 0.3) is 0 Å². The fraction of sp³-hybridized carbons (Fsp3) is 0.522. The van der Waals surface area contributed by atoms with Crippen LogP contribution in [0, 0.1) is 12.3 Å². The number of imidazole rings is 1. The minimum absolute atomic E-state index is 0.300. The summed E-state index contributed by atoms with van der Waals surface area (Å²) in [6, 6.07) is 1.67. The molecule has 0 aliphatic carbocycles. The molecule has 0 radical (unpaired) electrons.